The number of nitrogens with one attached hydrogen (secondary N) is 1. The highest BCUT2D eigenvalue weighted by Gasteiger charge is 2.30. The van der Waals surface area contributed by atoms with Crippen molar-refractivity contribution in [1.29, 1.82) is 0 Å². The Morgan fingerprint density at radius 3 is 2.10 bits per heavy atom. The first-order valence-electron chi connectivity index (χ1n) is 13.8. The van der Waals surface area contributed by atoms with E-state index in [0.717, 1.165) is 36.5 Å². The number of carboxylic acid groups (broad SMARTS) is 1. The second-order valence-corrected chi connectivity index (χ2v) is 11.7. The van der Waals surface area contributed by atoms with E-state index in [1.807, 2.05) is 24.0 Å². The van der Waals surface area contributed by atoms with Crippen molar-refractivity contribution in [2.75, 3.05) is 26.2 Å². The van der Waals surface area contributed by atoms with Gasteiger partial charge in [-0.25, -0.2) is 17.6 Å². The quantitative estimate of drug-likeness (QED) is 0.405. The fourth-order valence-corrected chi connectivity index (χ4v) is 6.01. The van der Waals surface area contributed by atoms with Crippen LogP contribution in [0.25, 0.3) is 0 Å². The van der Waals surface area contributed by atoms with Gasteiger partial charge in [-0.3, -0.25) is 9.69 Å². The molecule has 1 fully saturated rings. The number of hydrogen-bond donors (Lipinski definition) is 2. The number of benzene rings is 2. The standard InChI is InChI=1S/C20H23FN2O4S.C11H15NO/c1-2-15-3-7-17(8-4-15)28(26,27)23-13-11-22(12-14-23)16-5-9-18(20(24)25)19(21)10-6-16;1-2-3-10-4-6-11(7-5-10)8-12-9-13/h3-10,16H,2,11-14H2,1H3,(H,24,25);4-7,9H,2-3,8H2,1H3,(H,12,13). The van der Waals surface area contributed by atoms with Gasteiger partial charge in [-0.2, -0.15) is 4.31 Å². The van der Waals surface area contributed by atoms with Gasteiger partial charge in [0, 0.05) is 38.8 Å². The number of rotatable bonds is 10. The van der Waals surface area contributed by atoms with Crippen molar-refractivity contribution in [2.45, 2.75) is 50.6 Å². The normalized spacial score (nSPS) is 17.9. The summed E-state index contributed by atoms with van der Waals surface area (Å²) in [5, 5.41) is 11.7. The van der Waals surface area contributed by atoms with Crippen molar-refractivity contribution < 1.29 is 27.5 Å². The number of carbonyl (C=O) groups excluding carboxylic acids is 1. The minimum atomic E-state index is -3.55. The first-order chi connectivity index (χ1) is 19.7. The van der Waals surface area contributed by atoms with E-state index in [1.165, 1.54) is 22.4 Å². The third-order valence-electron chi connectivity index (χ3n) is 7.00. The van der Waals surface area contributed by atoms with Crippen LogP contribution < -0.4 is 5.32 Å². The first-order valence-corrected chi connectivity index (χ1v) is 15.2. The summed E-state index contributed by atoms with van der Waals surface area (Å²) in [6.07, 6.45) is 9.51. The van der Waals surface area contributed by atoms with E-state index in [0.29, 0.717) is 32.7 Å². The average molecular weight is 584 g/mol. The number of hydrogen-bond acceptors (Lipinski definition) is 5. The maximum atomic E-state index is 13.8. The Bertz CT molecular complexity index is 1360. The molecule has 8 nitrogen and oxygen atoms in total. The van der Waals surface area contributed by atoms with Crippen molar-refractivity contribution in [1.82, 2.24) is 14.5 Å². The predicted octanol–water partition coefficient (Wildman–Crippen LogP) is 4.24. The molecule has 0 aromatic heterocycles. The smallest absolute Gasteiger partial charge is 0.338 e. The van der Waals surface area contributed by atoms with Crippen LogP contribution in [0.1, 0.15) is 37.0 Å². The lowest BCUT2D eigenvalue weighted by molar-refractivity contribution is -0.132. The van der Waals surface area contributed by atoms with E-state index in [9.17, 15) is 22.4 Å². The van der Waals surface area contributed by atoms with Crippen molar-refractivity contribution >= 4 is 22.4 Å². The molecule has 0 bridgehead atoms. The zero-order valence-corrected chi connectivity index (χ0v) is 24.3. The van der Waals surface area contributed by atoms with Crippen LogP contribution in [0.2, 0.25) is 0 Å². The Balaban J connectivity index is 0.000000298. The zero-order chi connectivity index (χ0) is 29.8. The molecule has 0 saturated carbocycles. The summed E-state index contributed by atoms with van der Waals surface area (Å²) in [4.78, 5) is 23.4. The van der Waals surface area contributed by atoms with Crippen LogP contribution >= 0.6 is 0 Å². The Hall–Kier alpha value is -3.60. The minimum Gasteiger partial charge on any atom is -0.478 e. The van der Waals surface area contributed by atoms with Crippen molar-refractivity contribution in [3.63, 3.8) is 0 Å². The summed E-state index contributed by atoms with van der Waals surface area (Å²) in [7, 11) is -3.55. The van der Waals surface area contributed by atoms with E-state index >= 15 is 0 Å². The van der Waals surface area contributed by atoms with Gasteiger partial charge in [-0.1, -0.05) is 68.8 Å². The fraction of sp³-hybridized carbons (Fsp3) is 0.355. The molecule has 1 aliphatic heterocycles. The molecule has 4 rings (SSSR count). The molecule has 1 aliphatic carbocycles. The number of allylic oxidation sites excluding steroid dienone is 2. The van der Waals surface area contributed by atoms with Gasteiger partial charge in [0.1, 0.15) is 5.83 Å². The lowest BCUT2D eigenvalue weighted by Gasteiger charge is -2.36. The van der Waals surface area contributed by atoms with Gasteiger partial charge in [0.25, 0.3) is 0 Å². The summed E-state index contributed by atoms with van der Waals surface area (Å²) in [6, 6.07) is 15.0. The third kappa shape index (κ3) is 8.94. The van der Waals surface area contributed by atoms with E-state index in [-0.39, 0.29) is 16.5 Å². The number of nitrogens with zero attached hydrogens (tertiary/aromatic N) is 2. The Kier molecular flexibility index (Phi) is 12.0. The molecule has 2 aromatic carbocycles. The summed E-state index contributed by atoms with van der Waals surface area (Å²) in [5.74, 6) is -2.10. The SMILES string of the molecule is CCCc1ccc(CNC=O)cc1.CCc1ccc(S(=O)(=O)N2CCN(C3C=CC(F)=C(C(=O)O)C=C3)CC2)cc1. The number of carboxylic acids is 1. The molecule has 0 spiro atoms. The second-order valence-electron chi connectivity index (χ2n) is 9.78. The molecule has 0 radical (unpaired) electrons. The number of halogens is 1. The van der Waals surface area contributed by atoms with Crippen LogP contribution in [0.15, 0.2) is 89.1 Å². The molecule has 1 heterocycles. The molecule has 1 unspecified atom stereocenters. The van der Waals surface area contributed by atoms with Crippen LogP contribution in [-0.4, -0.2) is 67.3 Å². The average Bonchev–Trinajstić information content (AvgIpc) is 3.19. The van der Waals surface area contributed by atoms with Crippen LogP contribution in [0.5, 0.6) is 0 Å². The molecular weight excluding hydrogens is 545 g/mol. The van der Waals surface area contributed by atoms with Crippen LogP contribution in [0, 0.1) is 0 Å². The number of aliphatic carboxylic acids is 1. The topological polar surface area (TPSA) is 107 Å². The maximum absolute atomic E-state index is 13.8. The van der Waals surface area contributed by atoms with E-state index in [2.05, 4.69) is 36.5 Å². The Morgan fingerprint density at radius 2 is 1.54 bits per heavy atom. The molecule has 2 N–H and O–H groups in total. The molecule has 220 valence electrons. The highest BCUT2D eigenvalue weighted by Crippen LogP contribution is 2.22. The van der Waals surface area contributed by atoms with E-state index < -0.39 is 21.8 Å². The van der Waals surface area contributed by atoms with Crippen LogP contribution in [0.3, 0.4) is 0 Å². The van der Waals surface area contributed by atoms with Gasteiger partial charge in [0.05, 0.1) is 10.5 Å². The second kappa shape index (κ2) is 15.4. The summed E-state index contributed by atoms with van der Waals surface area (Å²) < 4.78 is 41.0. The lowest BCUT2D eigenvalue weighted by Crippen LogP contribution is -2.51. The molecule has 1 amide bonds. The van der Waals surface area contributed by atoms with Gasteiger partial charge in [-0.05, 0) is 53.8 Å². The number of sulfonamides is 1. The van der Waals surface area contributed by atoms with Crippen molar-refractivity contribution in [2.24, 2.45) is 0 Å². The van der Waals surface area contributed by atoms with Gasteiger partial charge < -0.3 is 10.4 Å². The molecule has 10 heteroatoms. The molecule has 2 aromatic rings. The Morgan fingerprint density at radius 1 is 0.951 bits per heavy atom. The van der Waals surface area contributed by atoms with Crippen LogP contribution in [0.4, 0.5) is 4.39 Å². The highest BCUT2D eigenvalue weighted by atomic mass is 32.2. The van der Waals surface area contributed by atoms with Gasteiger partial charge in [0.15, 0.2) is 0 Å². The minimum absolute atomic E-state index is 0.281. The molecule has 1 saturated heterocycles. The lowest BCUT2D eigenvalue weighted by atomic mass is 10.1. The molecule has 41 heavy (non-hydrogen) atoms. The number of amides is 1. The predicted molar refractivity (Wildman–Crippen MR) is 157 cm³/mol. The monoisotopic (exact) mass is 583 g/mol. The largest absolute Gasteiger partial charge is 0.478 e. The number of carbonyl (C=O) groups is 2. The first kappa shape index (κ1) is 31.9. The molecular formula is C31H38FN3O5S. The van der Waals surface area contributed by atoms with Crippen molar-refractivity contribution in [3.8, 4) is 0 Å². The Labute approximate surface area is 241 Å². The summed E-state index contributed by atoms with van der Waals surface area (Å²) in [5.41, 5.74) is 3.21. The summed E-state index contributed by atoms with van der Waals surface area (Å²) >= 11 is 0. The van der Waals surface area contributed by atoms with Gasteiger partial charge >= 0.3 is 5.97 Å². The highest BCUT2D eigenvalue weighted by molar-refractivity contribution is 7.89. The number of aryl methyl sites for hydroxylation is 2. The van der Waals surface area contributed by atoms with Crippen molar-refractivity contribution in [3.05, 3.63) is 101 Å². The van der Waals surface area contributed by atoms with Gasteiger partial charge in [-0.15, -0.1) is 0 Å². The maximum Gasteiger partial charge on any atom is 0.338 e. The zero-order valence-electron chi connectivity index (χ0n) is 23.5. The molecule has 1 atom stereocenters. The number of piperazine rings is 1. The van der Waals surface area contributed by atoms with E-state index in [1.54, 1.807) is 24.3 Å². The fourth-order valence-electron chi connectivity index (χ4n) is 4.59. The molecule has 2 aliphatic rings. The van der Waals surface area contributed by atoms with Crippen LogP contribution in [-0.2, 0) is 39.0 Å². The van der Waals surface area contributed by atoms with E-state index in [4.69, 9.17) is 5.11 Å². The summed E-state index contributed by atoms with van der Waals surface area (Å²) in [6.45, 7) is 6.37. The van der Waals surface area contributed by atoms with Gasteiger partial charge in [0.2, 0.25) is 16.4 Å². The third-order valence-corrected chi connectivity index (χ3v) is 8.92.